The van der Waals surface area contributed by atoms with Crippen molar-refractivity contribution in [1.29, 1.82) is 0 Å². The van der Waals surface area contributed by atoms with Crippen LogP contribution in [0.15, 0.2) is 12.1 Å². The average Bonchev–Trinajstić information content (AvgIpc) is 2.61. The van der Waals surface area contributed by atoms with Crippen molar-refractivity contribution in [1.82, 2.24) is 10.2 Å². The zero-order chi connectivity index (χ0) is 10.8. The fourth-order valence-corrected chi connectivity index (χ4v) is 1.65. The Morgan fingerprint density at radius 1 is 1.40 bits per heavy atom. The molecule has 3 N–H and O–H groups in total. The van der Waals surface area contributed by atoms with Gasteiger partial charge in [-0.15, -0.1) is 0 Å². The van der Waals surface area contributed by atoms with Gasteiger partial charge in [-0.25, -0.2) is 0 Å². The molecule has 0 radical (unpaired) electrons. The molecule has 0 aliphatic carbocycles. The first-order chi connectivity index (χ1) is 7.27. The second-order valence-corrected chi connectivity index (χ2v) is 3.22. The summed E-state index contributed by atoms with van der Waals surface area (Å²) < 4.78 is 10.4. The van der Waals surface area contributed by atoms with Gasteiger partial charge in [0.05, 0.1) is 24.6 Å². The molecule has 1 heterocycles. The second-order valence-electron chi connectivity index (χ2n) is 3.22. The van der Waals surface area contributed by atoms with E-state index in [1.54, 1.807) is 14.2 Å². The second kappa shape index (κ2) is 3.78. The van der Waals surface area contributed by atoms with E-state index in [1.807, 2.05) is 12.1 Å². The fraction of sp³-hybridized carbons (Fsp3) is 0.300. The van der Waals surface area contributed by atoms with Crippen LogP contribution in [0.3, 0.4) is 0 Å². The number of benzene rings is 1. The largest absolute Gasteiger partial charge is 0.496 e. The molecule has 2 aromatic rings. The van der Waals surface area contributed by atoms with Crippen molar-refractivity contribution in [3.8, 4) is 5.75 Å². The van der Waals surface area contributed by atoms with Crippen LogP contribution in [0.25, 0.3) is 10.9 Å². The monoisotopic (exact) mass is 207 g/mol. The van der Waals surface area contributed by atoms with E-state index in [4.69, 9.17) is 15.2 Å². The summed E-state index contributed by atoms with van der Waals surface area (Å²) in [4.78, 5) is 0. The summed E-state index contributed by atoms with van der Waals surface area (Å²) in [5.74, 6) is 1.17. The predicted molar refractivity (Wildman–Crippen MR) is 57.8 cm³/mol. The van der Waals surface area contributed by atoms with Gasteiger partial charge in [-0.05, 0) is 6.07 Å². The summed E-state index contributed by atoms with van der Waals surface area (Å²) in [5.41, 5.74) is 7.58. The molecule has 0 fully saturated rings. The number of methoxy groups -OCH3 is 2. The molecule has 0 aliphatic heterocycles. The van der Waals surface area contributed by atoms with Crippen LogP contribution in [0, 0.1) is 0 Å². The van der Waals surface area contributed by atoms with Crippen molar-refractivity contribution >= 4 is 16.7 Å². The number of nitrogens with two attached hydrogens (primary N) is 1. The van der Waals surface area contributed by atoms with Crippen LogP contribution >= 0.6 is 0 Å². The van der Waals surface area contributed by atoms with Gasteiger partial charge in [0.2, 0.25) is 0 Å². The highest BCUT2D eigenvalue weighted by atomic mass is 16.5. The lowest BCUT2D eigenvalue weighted by Crippen LogP contribution is -1.95. The van der Waals surface area contributed by atoms with Crippen LogP contribution in [0.5, 0.6) is 5.75 Å². The quantitative estimate of drug-likeness (QED) is 0.795. The molecule has 1 aromatic heterocycles. The normalized spacial score (nSPS) is 10.8. The zero-order valence-corrected chi connectivity index (χ0v) is 8.70. The van der Waals surface area contributed by atoms with Gasteiger partial charge in [0.15, 0.2) is 5.82 Å². The summed E-state index contributed by atoms with van der Waals surface area (Å²) in [7, 11) is 3.25. The highest BCUT2D eigenvalue weighted by Crippen LogP contribution is 2.32. The van der Waals surface area contributed by atoms with Crippen LogP contribution in [-0.2, 0) is 11.3 Å². The number of rotatable bonds is 3. The standard InChI is InChI=1S/C10H13N3O2/c1-14-5-6-3-4-7-8(9(6)15-2)10(11)13-12-7/h3-4H,5H2,1-2H3,(H3,11,12,13). The maximum atomic E-state index is 5.75. The molecule has 0 saturated carbocycles. The Balaban J connectivity index is 2.68. The third kappa shape index (κ3) is 1.50. The molecule has 0 amide bonds. The van der Waals surface area contributed by atoms with Crippen molar-refractivity contribution in [2.75, 3.05) is 20.0 Å². The number of hydrogen-bond acceptors (Lipinski definition) is 4. The van der Waals surface area contributed by atoms with Crippen molar-refractivity contribution < 1.29 is 9.47 Å². The van der Waals surface area contributed by atoms with Crippen LogP contribution < -0.4 is 10.5 Å². The molecular formula is C10H13N3O2. The van der Waals surface area contributed by atoms with E-state index in [9.17, 15) is 0 Å². The van der Waals surface area contributed by atoms with Crippen molar-refractivity contribution in [3.05, 3.63) is 17.7 Å². The number of fused-ring (bicyclic) bond motifs is 1. The van der Waals surface area contributed by atoms with E-state index < -0.39 is 0 Å². The Kier molecular flexibility index (Phi) is 2.47. The van der Waals surface area contributed by atoms with Crippen LogP contribution in [0.2, 0.25) is 0 Å². The number of nitrogen functional groups attached to an aromatic ring is 1. The lowest BCUT2D eigenvalue weighted by molar-refractivity contribution is 0.182. The van der Waals surface area contributed by atoms with Crippen LogP contribution in [-0.4, -0.2) is 24.4 Å². The number of hydrogen-bond donors (Lipinski definition) is 2. The molecule has 2 rings (SSSR count). The Bertz CT molecular complexity index is 479. The Hall–Kier alpha value is -1.75. The third-order valence-corrected chi connectivity index (χ3v) is 2.30. The van der Waals surface area contributed by atoms with Crippen LogP contribution in [0.1, 0.15) is 5.56 Å². The number of nitrogens with one attached hydrogen (secondary N) is 1. The summed E-state index contributed by atoms with van der Waals surface area (Å²) in [6, 6.07) is 3.85. The Labute approximate surface area is 87.2 Å². The van der Waals surface area contributed by atoms with Crippen molar-refractivity contribution in [2.45, 2.75) is 6.61 Å². The number of nitrogens with zero attached hydrogens (tertiary/aromatic N) is 1. The topological polar surface area (TPSA) is 73.2 Å². The first-order valence-electron chi connectivity index (χ1n) is 4.56. The van der Waals surface area contributed by atoms with Gasteiger partial charge in [-0.1, -0.05) is 6.07 Å². The van der Waals surface area contributed by atoms with Crippen molar-refractivity contribution in [3.63, 3.8) is 0 Å². The van der Waals surface area contributed by atoms with Gasteiger partial charge in [-0.3, -0.25) is 5.10 Å². The van der Waals surface area contributed by atoms with E-state index in [2.05, 4.69) is 10.2 Å². The zero-order valence-electron chi connectivity index (χ0n) is 8.70. The summed E-state index contributed by atoms with van der Waals surface area (Å²) in [5, 5.41) is 7.59. The Morgan fingerprint density at radius 3 is 2.87 bits per heavy atom. The number of aromatic amines is 1. The van der Waals surface area contributed by atoms with E-state index in [0.717, 1.165) is 22.2 Å². The van der Waals surface area contributed by atoms with E-state index in [1.165, 1.54) is 0 Å². The maximum Gasteiger partial charge on any atom is 0.156 e. The molecule has 1 aromatic carbocycles. The molecule has 5 heteroatoms. The highest BCUT2D eigenvalue weighted by Gasteiger charge is 2.12. The van der Waals surface area contributed by atoms with E-state index in [-0.39, 0.29) is 0 Å². The van der Waals surface area contributed by atoms with Gasteiger partial charge in [-0.2, -0.15) is 5.10 Å². The van der Waals surface area contributed by atoms with Gasteiger partial charge in [0, 0.05) is 12.7 Å². The molecular weight excluding hydrogens is 194 g/mol. The van der Waals surface area contributed by atoms with E-state index >= 15 is 0 Å². The smallest absolute Gasteiger partial charge is 0.156 e. The summed E-state index contributed by atoms with van der Waals surface area (Å²) in [6.45, 7) is 0.490. The van der Waals surface area contributed by atoms with E-state index in [0.29, 0.717) is 12.4 Å². The fourth-order valence-electron chi connectivity index (χ4n) is 1.65. The first-order valence-corrected chi connectivity index (χ1v) is 4.56. The molecule has 0 aliphatic rings. The van der Waals surface area contributed by atoms with Gasteiger partial charge < -0.3 is 15.2 Å². The minimum Gasteiger partial charge on any atom is -0.496 e. The lowest BCUT2D eigenvalue weighted by atomic mass is 10.1. The molecule has 0 atom stereocenters. The van der Waals surface area contributed by atoms with Gasteiger partial charge in [0.1, 0.15) is 5.75 Å². The van der Waals surface area contributed by atoms with Gasteiger partial charge >= 0.3 is 0 Å². The molecule has 15 heavy (non-hydrogen) atoms. The summed E-state index contributed by atoms with van der Waals surface area (Å²) in [6.07, 6.45) is 0. The lowest BCUT2D eigenvalue weighted by Gasteiger charge is -2.08. The molecule has 0 saturated heterocycles. The molecule has 0 spiro atoms. The SMILES string of the molecule is COCc1ccc2[nH]nc(N)c2c1OC. The Morgan fingerprint density at radius 2 is 2.20 bits per heavy atom. The number of H-pyrrole nitrogens is 1. The minimum atomic E-state index is 0.444. The number of anilines is 1. The van der Waals surface area contributed by atoms with Crippen molar-refractivity contribution in [2.24, 2.45) is 0 Å². The maximum absolute atomic E-state index is 5.75. The van der Waals surface area contributed by atoms with Crippen LogP contribution in [0.4, 0.5) is 5.82 Å². The molecule has 80 valence electrons. The van der Waals surface area contributed by atoms with Gasteiger partial charge in [0.25, 0.3) is 0 Å². The number of ether oxygens (including phenoxy) is 2. The highest BCUT2D eigenvalue weighted by molar-refractivity contribution is 5.95. The third-order valence-electron chi connectivity index (χ3n) is 2.30. The minimum absolute atomic E-state index is 0.444. The molecule has 0 unspecified atom stereocenters. The average molecular weight is 207 g/mol. The molecule has 5 nitrogen and oxygen atoms in total. The summed E-state index contributed by atoms with van der Waals surface area (Å²) >= 11 is 0. The predicted octanol–water partition coefficient (Wildman–Crippen LogP) is 1.30. The molecule has 0 bridgehead atoms. The number of aromatic nitrogens is 2. The first kappa shape index (κ1) is 9.79.